The van der Waals surface area contributed by atoms with Crippen molar-refractivity contribution in [2.45, 2.75) is 51.9 Å². The van der Waals surface area contributed by atoms with Crippen LogP contribution in [0, 0.1) is 0 Å². The summed E-state index contributed by atoms with van der Waals surface area (Å²) in [7, 11) is 1.04. The Kier molecular flexibility index (Phi) is 6.00. The van der Waals surface area contributed by atoms with Gasteiger partial charge in [-0.25, -0.2) is 4.79 Å². The van der Waals surface area contributed by atoms with Crippen LogP contribution in [0.25, 0.3) is 10.8 Å². The van der Waals surface area contributed by atoms with E-state index in [2.05, 4.69) is 4.98 Å². The maximum absolute atomic E-state index is 13.5. The predicted molar refractivity (Wildman–Crippen MR) is 138 cm³/mol. The minimum atomic E-state index is -0.555. The van der Waals surface area contributed by atoms with E-state index >= 15 is 0 Å². The number of pyridine rings is 1. The second-order valence-electron chi connectivity index (χ2n) is 10.2. The van der Waals surface area contributed by atoms with E-state index in [0.29, 0.717) is 5.69 Å². The Labute approximate surface area is 211 Å². The molecule has 0 unspecified atom stereocenters. The Balaban J connectivity index is 1.47. The van der Waals surface area contributed by atoms with Crippen molar-refractivity contribution in [3.63, 3.8) is 0 Å². The number of imide groups is 1. The molecule has 9 heteroatoms. The molecule has 3 amide bonds. The zero-order chi connectivity index (χ0) is 25.7. The number of nitrogens with zero attached hydrogens (tertiary/aromatic N) is 3. The number of hydrogen-bond acceptors (Lipinski definition) is 6. The number of carbonyl (C=O) groups is 2. The van der Waals surface area contributed by atoms with Gasteiger partial charge in [-0.3, -0.25) is 19.6 Å². The van der Waals surface area contributed by atoms with Crippen LogP contribution >= 0.6 is 0 Å². The average molecular weight is 487 g/mol. The number of benzene rings is 2. The first-order valence-electron chi connectivity index (χ1n) is 12.1. The maximum atomic E-state index is 13.5. The van der Waals surface area contributed by atoms with Gasteiger partial charge in [0.25, 0.3) is 0 Å². The van der Waals surface area contributed by atoms with E-state index < -0.39 is 18.3 Å². The van der Waals surface area contributed by atoms with E-state index in [4.69, 9.17) is 14.0 Å². The molecular formula is C27H30BN3O5. The topological polar surface area (TPSA) is 81.2 Å². The molecule has 3 aromatic rings. The van der Waals surface area contributed by atoms with Gasteiger partial charge in [0.1, 0.15) is 5.75 Å². The van der Waals surface area contributed by atoms with Crippen molar-refractivity contribution in [1.29, 1.82) is 0 Å². The van der Waals surface area contributed by atoms with Crippen LogP contribution in [-0.2, 0) is 20.6 Å². The van der Waals surface area contributed by atoms with Gasteiger partial charge < -0.3 is 14.0 Å². The summed E-state index contributed by atoms with van der Waals surface area (Å²) in [5, 5.41) is 1.70. The Bertz CT molecular complexity index is 1310. The summed E-state index contributed by atoms with van der Waals surface area (Å²) in [6, 6.07) is 12.8. The predicted octanol–water partition coefficient (Wildman–Crippen LogP) is 3.90. The molecular weight excluding hydrogens is 457 g/mol. The molecule has 2 fully saturated rings. The molecule has 186 valence electrons. The number of amides is 3. The lowest BCUT2D eigenvalue weighted by molar-refractivity contribution is -0.129. The highest BCUT2D eigenvalue weighted by Gasteiger charge is 2.52. The van der Waals surface area contributed by atoms with Gasteiger partial charge in [0, 0.05) is 29.9 Å². The Morgan fingerprint density at radius 1 is 0.972 bits per heavy atom. The second kappa shape index (κ2) is 8.90. The molecule has 0 radical (unpaired) electrons. The Morgan fingerprint density at radius 2 is 1.67 bits per heavy atom. The van der Waals surface area contributed by atoms with E-state index in [1.807, 2.05) is 70.2 Å². The summed E-state index contributed by atoms with van der Waals surface area (Å²) < 4.78 is 17.8. The normalized spacial score (nSPS) is 19.3. The quantitative estimate of drug-likeness (QED) is 0.508. The lowest BCUT2D eigenvalue weighted by Gasteiger charge is -2.34. The molecule has 0 saturated carbocycles. The monoisotopic (exact) mass is 487 g/mol. The Hall–Kier alpha value is -3.43. The zero-order valence-electron chi connectivity index (χ0n) is 21.3. The first kappa shape index (κ1) is 24.3. The molecule has 0 spiro atoms. The number of carbonyl (C=O) groups excluding carboxylic acids is 2. The van der Waals surface area contributed by atoms with Gasteiger partial charge in [-0.2, -0.15) is 0 Å². The average Bonchev–Trinajstić information content (AvgIpc) is 3.08. The largest absolute Gasteiger partial charge is 0.497 e. The summed E-state index contributed by atoms with van der Waals surface area (Å²) in [6.07, 6.45) is 3.68. The molecule has 0 atom stereocenters. The number of fused-ring (bicyclic) bond motifs is 1. The van der Waals surface area contributed by atoms with Crippen molar-refractivity contribution < 1.29 is 23.6 Å². The van der Waals surface area contributed by atoms with Crippen LogP contribution in [0.15, 0.2) is 54.9 Å². The number of hydrogen-bond donors (Lipinski definition) is 0. The van der Waals surface area contributed by atoms with Gasteiger partial charge in [0.05, 0.1) is 36.7 Å². The van der Waals surface area contributed by atoms with Crippen molar-refractivity contribution in [1.82, 2.24) is 9.88 Å². The van der Waals surface area contributed by atoms with Crippen molar-refractivity contribution in [3.8, 4) is 5.75 Å². The molecule has 0 aliphatic carbocycles. The molecule has 2 saturated heterocycles. The maximum Gasteiger partial charge on any atom is 0.495 e. The standard InChI is InChI=1S/C27H30BN3O5/c1-26(2)27(3,4)36-28(35-26)22-8-6-7-20-21(22)15-29-16-23(20)30-14-13-24(32)31(25(30)33)17-18-9-11-19(34-5)12-10-18/h6-12,15-16H,13-14,17H2,1-5H3. The van der Waals surface area contributed by atoms with Crippen molar-refractivity contribution >= 4 is 41.0 Å². The molecule has 2 aromatic carbocycles. The molecule has 2 aliphatic heterocycles. The molecule has 36 heavy (non-hydrogen) atoms. The lowest BCUT2D eigenvalue weighted by Crippen LogP contribution is -2.52. The fraction of sp³-hybridized carbons (Fsp3) is 0.370. The zero-order valence-corrected chi connectivity index (χ0v) is 21.3. The third-order valence-electron chi connectivity index (χ3n) is 7.43. The minimum absolute atomic E-state index is 0.190. The van der Waals surface area contributed by atoms with Gasteiger partial charge in [0.2, 0.25) is 5.91 Å². The van der Waals surface area contributed by atoms with E-state index in [9.17, 15) is 9.59 Å². The van der Waals surface area contributed by atoms with Crippen LogP contribution in [0.1, 0.15) is 39.7 Å². The summed E-state index contributed by atoms with van der Waals surface area (Å²) in [4.78, 5) is 33.7. The smallest absolute Gasteiger partial charge is 0.495 e. The van der Waals surface area contributed by atoms with Gasteiger partial charge in [-0.1, -0.05) is 30.3 Å². The second-order valence-corrected chi connectivity index (χ2v) is 10.2. The summed E-state index contributed by atoms with van der Waals surface area (Å²) in [6.45, 7) is 8.55. The van der Waals surface area contributed by atoms with Crippen LogP contribution in [0.4, 0.5) is 10.5 Å². The summed E-state index contributed by atoms with van der Waals surface area (Å²) >= 11 is 0. The highest BCUT2D eigenvalue weighted by Crippen LogP contribution is 2.37. The molecule has 5 rings (SSSR count). The highest BCUT2D eigenvalue weighted by molar-refractivity contribution is 6.65. The van der Waals surface area contributed by atoms with Crippen molar-refractivity contribution in [2.75, 3.05) is 18.6 Å². The van der Waals surface area contributed by atoms with E-state index in [1.54, 1.807) is 24.4 Å². The molecule has 0 bridgehead atoms. The minimum Gasteiger partial charge on any atom is -0.497 e. The fourth-order valence-electron chi connectivity index (χ4n) is 4.58. The number of aromatic nitrogens is 1. The molecule has 8 nitrogen and oxygen atoms in total. The van der Waals surface area contributed by atoms with Gasteiger partial charge in [0.15, 0.2) is 0 Å². The number of urea groups is 1. The highest BCUT2D eigenvalue weighted by atomic mass is 16.7. The number of anilines is 1. The number of rotatable bonds is 5. The lowest BCUT2D eigenvalue weighted by atomic mass is 9.76. The molecule has 0 N–H and O–H groups in total. The number of methoxy groups -OCH3 is 1. The summed E-state index contributed by atoms with van der Waals surface area (Å²) in [5.74, 6) is 0.523. The van der Waals surface area contributed by atoms with Crippen LogP contribution in [0.2, 0.25) is 0 Å². The van der Waals surface area contributed by atoms with E-state index in [-0.39, 0.29) is 31.4 Å². The number of ether oxygens (including phenoxy) is 1. The molecule has 3 heterocycles. The van der Waals surface area contributed by atoms with Crippen LogP contribution in [-0.4, -0.2) is 53.8 Å². The van der Waals surface area contributed by atoms with Gasteiger partial charge in [-0.05, 0) is 50.9 Å². The molecule has 2 aliphatic rings. The SMILES string of the molecule is COc1ccc(CN2C(=O)CCN(c3cncc4c(B5OC(C)(C)C(C)(C)O5)cccc34)C2=O)cc1. The first-order valence-corrected chi connectivity index (χ1v) is 12.1. The third-order valence-corrected chi connectivity index (χ3v) is 7.43. The summed E-state index contributed by atoms with van der Waals surface area (Å²) in [5.41, 5.74) is 1.41. The Morgan fingerprint density at radius 3 is 2.33 bits per heavy atom. The van der Waals surface area contributed by atoms with Crippen LogP contribution in [0.3, 0.4) is 0 Å². The van der Waals surface area contributed by atoms with Gasteiger partial charge in [-0.15, -0.1) is 0 Å². The third kappa shape index (κ3) is 4.12. The van der Waals surface area contributed by atoms with Crippen molar-refractivity contribution in [3.05, 3.63) is 60.4 Å². The molecule has 1 aromatic heterocycles. The van der Waals surface area contributed by atoms with Crippen molar-refractivity contribution in [2.24, 2.45) is 0 Å². The van der Waals surface area contributed by atoms with E-state index in [0.717, 1.165) is 27.5 Å². The first-order chi connectivity index (χ1) is 17.1. The van der Waals surface area contributed by atoms with Crippen LogP contribution < -0.4 is 15.1 Å². The van der Waals surface area contributed by atoms with Gasteiger partial charge >= 0.3 is 13.1 Å². The fourth-order valence-corrected chi connectivity index (χ4v) is 4.58. The van der Waals surface area contributed by atoms with Crippen LogP contribution in [0.5, 0.6) is 5.75 Å². The van der Waals surface area contributed by atoms with E-state index in [1.165, 1.54) is 4.90 Å².